The second-order valence-corrected chi connectivity index (χ2v) is 7.24. The van der Waals surface area contributed by atoms with E-state index in [9.17, 15) is 14.4 Å². The summed E-state index contributed by atoms with van der Waals surface area (Å²) in [5, 5.41) is 6.05. The first-order valence-electron chi connectivity index (χ1n) is 9.03. The van der Waals surface area contributed by atoms with E-state index in [0.717, 1.165) is 16.9 Å². The molecule has 0 unspecified atom stereocenters. The van der Waals surface area contributed by atoms with Crippen molar-refractivity contribution in [1.82, 2.24) is 4.90 Å². The number of hydrogen-bond acceptors (Lipinski definition) is 4. The molecule has 2 N–H and O–H groups in total. The Hall–Kier alpha value is -3.06. The van der Waals surface area contributed by atoms with Crippen LogP contribution in [0.25, 0.3) is 0 Å². The van der Waals surface area contributed by atoms with E-state index in [1.54, 1.807) is 23.1 Å². The van der Waals surface area contributed by atoms with Gasteiger partial charge < -0.3 is 20.4 Å². The lowest BCUT2D eigenvalue weighted by Gasteiger charge is -2.35. The molecule has 0 spiro atoms. The van der Waals surface area contributed by atoms with Crippen LogP contribution in [-0.4, -0.2) is 48.8 Å². The Morgan fingerprint density at radius 1 is 1.00 bits per heavy atom. The van der Waals surface area contributed by atoms with E-state index in [1.165, 1.54) is 0 Å². The fraction of sp³-hybridized carbons (Fsp3) is 0.250. The first-order chi connectivity index (χ1) is 13.5. The zero-order valence-corrected chi connectivity index (χ0v) is 15.8. The van der Waals surface area contributed by atoms with Gasteiger partial charge in [0.05, 0.1) is 6.42 Å². The molecule has 7 nitrogen and oxygen atoms in total. The van der Waals surface area contributed by atoms with Gasteiger partial charge in [-0.2, -0.15) is 0 Å². The Balaban J connectivity index is 1.34. The Kier molecular flexibility index (Phi) is 4.92. The van der Waals surface area contributed by atoms with Gasteiger partial charge in [0.2, 0.25) is 5.91 Å². The van der Waals surface area contributed by atoms with Gasteiger partial charge in [0.1, 0.15) is 0 Å². The summed E-state index contributed by atoms with van der Waals surface area (Å²) in [4.78, 5) is 40.0. The predicted octanol–water partition coefficient (Wildman–Crippen LogP) is 2.12. The number of amides is 3. The molecule has 0 aliphatic carbocycles. The number of hydrogen-bond donors (Lipinski definition) is 2. The first-order valence-corrected chi connectivity index (χ1v) is 9.41. The zero-order chi connectivity index (χ0) is 19.7. The van der Waals surface area contributed by atoms with Crippen molar-refractivity contribution in [3.8, 4) is 0 Å². The van der Waals surface area contributed by atoms with Crippen LogP contribution in [0.2, 0.25) is 5.02 Å². The molecule has 28 heavy (non-hydrogen) atoms. The molecule has 0 bridgehead atoms. The summed E-state index contributed by atoms with van der Waals surface area (Å²) in [6.45, 7) is 2.23. The zero-order valence-electron chi connectivity index (χ0n) is 15.1. The molecule has 1 saturated heterocycles. The van der Waals surface area contributed by atoms with Crippen LogP contribution < -0.4 is 15.5 Å². The average molecular weight is 399 g/mol. The van der Waals surface area contributed by atoms with Crippen molar-refractivity contribution in [1.29, 1.82) is 0 Å². The molecule has 1 fully saturated rings. The third-order valence-electron chi connectivity index (χ3n) is 4.94. The maximum Gasteiger partial charge on any atom is 0.313 e. The molecule has 2 aromatic rings. The topological polar surface area (TPSA) is 81.8 Å². The van der Waals surface area contributed by atoms with Crippen molar-refractivity contribution >= 4 is 46.4 Å². The summed E-state index contributed by atoms with van der Waals surface area (Å²) in [7, 11) is 0. The number of piperazine rings is 1. The smallest absolute Gasteiger partial charge is 0.313 e. The Bertz CT molecular complexity index is 937. The molecule has 0 radical (unpaired) electrons. The molecule has 8 heteroatoms. The summed E-state index contributed by atoms with van der Waals surface area (Å²) in [6, 6.07) is 12.7. The molecule has 0 saturated carbocycles. The average Bonchev–Trinajstić information content (AvgIpc) is 3.07. The van der Waals surface area contributed by atoms with Crippen molar-refractivity contribution in [2.75, 3.05) is 41.7 Å². The van der Waals surface area contributed by atoms with Crippen LogP contribution in [0.4, 0.5) is 17.1 Å². The Labute approximate surface area is 167 Å². The summed E-state index contributed by atoms with van der Waals surface area (Å²) in [6.07, 6.45) is 0.277. The minimum absolute atomic E-state index is 0.0758. The van der Waals surface area contributed by atoms with Gasteiger partial charge in [-0.25, -0.2) is 0 Å². The lowest BCUT2D eigenvalue weighted by atomic mass is 10.1. The van der Waals surface area contributed by atoms with Crippen molar-refractivity contribution < 1.29 is 14.4 Å². The highest BCUT2D eigenvalue weighted by Gasteiger charge is 2.26. The van der Waals surface area contributed by atoms with Crippen LogP contribution in [0, 0.1) is 0 Å². The minimum Gasteiger partial charge on any atom is -0.368 e. The van der Waals surface area contributed by atoms with E-state index in [-0.39, 0.29) is 12.3 Å². The molecule has 3 amide bonds. The number of fused-ring (bicyclic) bond motifs is 1. The molecule has 0 aromatic heterocycles. The lowest BCUT2D eigenvalue weighted by molar-refractivity contribution is -0.143. The Morgan fingerprint density at radius 2 is 1.71 bits per heavy atom. The van der Waals surface area contributed by atoms with Gasteiger partial charge in [0.15, 0.2) is 0 Å². The minimum atomic E-state index is -0.669. The van der Waals surface area contributed by atoms with Crippen molar-refractivity contribution in [3.05, 3.63) is 53.1 Å². The fourth-order valence-electron chi connectivity index (χ4n) is 3.45. The number of anilines is 3. The molecule has 2 heterocycles. The van der Waals surface area contributed by atoms with Crippen molar-refractivity contribution in [3.63, 3.8) is 0 Å². The third kappa shape index (κ3) is 3.80. The second-order valence-electron chi connectivity index (χ2n) is 6.81. The molecule has 2 aliphatic heterocycles. The van der Waals surface area contributed by atoms with Crippen LogP contribution >= 0.6 is 11.6 Å². The summed E-state index contributed by atoms with van der Waals surface area (Å²) < 4.78 is 0. The largest absolute Gasteiger partial charge is 0.368 e. The number of rotatable bonds is 2. The van der Waals surface area contributed by atoms with E-state index in [4.69, 9.17) is 11.6 Å². The first kappa shape index (κ1) is 18.3. The summed E-state index contributed by atoms with van der Waals surface area (Å²) in [5.74, 6) is -1.30. The van der Waals surface area contributed by atoms with Gasteiger partial charge in [0, 0.05) is 48.3 Å². The fourth-order valence-corrected chi connectivity index (χ4v) is 3.58. The maximum absolute atomic E-state index is 12.5. The quantitative estimate of drug-likeness (QED) is 0.759. The van der Waals surface area contributed by atoms with Crippen LogP contribution in [0.3, 0.4) is 0 Å². The predicted molar refractivity (Wildman–Crippen MR) is 108 cm³/mol. The summed E-state index contributed by atoms with van der Waals surface area (Å²) in [5.41, 5.74) is 3.11. The van der Waals surface area contributed by atoms with E-state index in [0.29, 0.717) is 36.9 Å². The highest BCUT2D eigenvalue weighted by atomic mass is 35.5. The molecular weight excluding hydrogens is 380 g/mol. The van der Waals surface area contributed by atoms with Gasteiger partial charge in [-0.05, 0) is 48.0 Å². The number of benzene rings is 2. The third-order valence-corrected chi connectivity index (χ3v) is 5.19. The van der Waals surface area contributed by atoms with Crippen LogP contribution in [0.5, 0.6) is 0 Å². The second kappa shape index (κ2) is 7.52. The highest BCUT2D eigenvalue weighted by molar-refractivity contribution is 6.39. The van der Waals surface area contributed by atoms with Crippen LogP contribution in [-0.2, 0) is 20.8 Å². The van der Waals surface area contributed by atoms with Crippen molar-refractivity contribution in [2.45, 2.75) is 6.42 Å². The number of carbonyl (C=O) groups is 3. The van der Waals surface area contributed by atoms with E-state index < -0.39 is 11.8 Å². The number of nitrogens with one attached hydrogen (secondary N) is 2. The van der Waals surface area contributed by atoms with Gasteiger partial charge in [-0.15, -0.1) is 0 Å². The number of halogens is 1. The van der Waals surface area contributed by atoms with E-state index in [2.05, 4.69) is 15.5 Å². The lowest BCUT2D eigenvalue weighted by Crippen LogP contribution is -2.51. The maximum atomic E-state index is 12.5. The standard InChI is InChI=1S/C20H19ClN4O3/c21-14-1-4-16(5-2-14)24-7-9-25(10-8-24)20(28)19(27)22-15-3-6-17-13(11-15)12-18(26)23-17/h1-6,11H,7-10,12H2,(H,22,27)(H,23,26). The molecule has 144 valence electrons. The number of nitrogens with zero attached hydrogens (tertiary/aromatic N) is 2. The highest BCUT2D eigenvalue weighted by Crippen LogP contribution is 2.26. The molecule has 0 atom stereocenters. The molecule has 4 rings (SSSR count). The Morgan fingerprint density at radius 3 is 2.43 bits per heavy atom. The van der Waals surface area contributed by atoms with Gasteiger partial charge in [0.25, 0.3) is 0 Å². The molecule has 2 aromatic carbocycles. The van der Waals surface area contributed by atoms with Gasteiger partial charge >= 0.3 is 11.8 Å². The van der Waals surface area contributed by atoms with Gasteiger partial charge in [-0.3, -0.25) is 14.4 Å². The summed E-state index contributed by atoms with van der Waals surface area (Å²) >= 11 is 5.92. The monoisotopic (exact) mass is 398 g/mol. The van der Waals surface area contributed by atoms with E-state index >= 15 is 0 Å². The normalized spacial score (nSPS) is 15.8. The van der Waals surface area contributed by atoms with E-state index in [1.807, 2.05) is 24.3 Å². The number of carbonyl (C=O) groups excluding carboxylic acids is 3. The van der Waals surface area contributed by atoms with Crippen LogP contribution in [0.1, 0.15) is 5.56 Å². The SMILES string of the molecule is O=C1Cc2cc(NC(=O)C(=O)N3CCN(c4ccc(Cl)cc4)CC3)ccc2N1. The van der Waals surface area contributed by atoms with Crippen LogP contribution in [0.15, 0.2) is 42.5 Å². The molecule has 2 aliphatic rings. The van der Waals surface area contributed by atoms with Crippen molar-refractivity contribution in [2.24, 2.45) is 0 Å². The molecular formula is C20H19ClN4O3. The van der Waals surface area contributed by atoms with Gasteiger partial charge in [-0.1, -0.05) is 11.6 Å².